The summed E-state index contributed by atoms with van der Waals surface area (Å²) in [4.78, 5) is 13.5. The van der Waals surface area contributed by atoms with Gasteiger partial charge >= 0.3 is 5.97 Å². The Kier molecular flexibility index (Phi) is 4.25. The molecule has 1 heterocycles. The van der Waals surface area contributed by atoms with Crippen LogP contribution in [-0.4, -0.2) is 34.6 Å². The first-order valence-corrected chi connectivity index (χ1v) is 7.08. The van der Waals surface area contributed by atoms with Gasteiger partial charge in [-0.1, -0.05) is 31.2 Å². The Hall–Kier alpha value is -1.35. The second kappa shape index (κ2) is 5.74. The van der Waals surface area contributed by atoms with Crippen LogP contribution in [0.4, 0.5) is 0 Å². The van der Waals surface area contributed by atoms with Crippen molar-refractivity contribution in [2.45, 2.75) is 51.6 Å². The Labute approximate surface area is 115 Å². The quantitative estimate of drug-likeness (QED) is 0.905. The molecule has 2 rings (SSSR count). The van der Waals surface area contributed by atoms with E-state index in [1.54, 1.807) is 0 Å². The van der Waals surface area contributed by atoms with Crippen LogP contribution >= 0.6 is 0 Å². The van der Waals surface area contributed by atoms with E-state index in [-0.39, 0.29) is 6.04 Å². The minimum absolute atomic E-state index is 0.339. The minimum Gasteiger partial charge on any atom is -0.480 e. The Morgan fingerprint density at radius 1 is 1.47 bits per heavy atom. The van der Waals surface area contributed by atoms with Gasteiger partial charge in [0.2, 0.25) is 0 Å². The summed E-state index contributed by atoms with van der Waals surface area (Å²) in [6.45, 7) is 7.09. The van der Waals surface area contributed by atoms with Gasteiger partial charge < -0.3 is 5.11 Å². The molecular weight excluding hydrogens is 238 g/mol. The highest BCUT2D eigenvalue weighted by Crippen LogP contribution is 2.34. The molecular formula is C16H23NO2. The largest absolute Gasteiger partial charge is 0.480 e. The molecule has 0 bridgehead atoms. The number of carbonyl (C=O) groups is 1. The van der Waals surface area contributed by atoms with Gasteiger partial charge in [0.05, 0.1) is 0 Å². The molecule has 1 saturated heterocycles. The third kappa shape index (κ3) is 2.81. The smallest absolute Gasteiger partial charge is 0.320 e. The number of likely N-dealkylation sites (tertiary alicyclic amines) is 1. The van der Waals surface area contributed by atoms with Crippen molar-refractivity contribution in [1.82, 2.24) is 4.90 Å². The highest BCUT2D eigenvalue weighted by molar-refractivity contribution is 5.73. The van der Waals surface area contributed by atoms with Crippen molar-refractivity contribution in [3.05, 3.63) is 35.4 Å². The fourth-order valence-corrected chi connectivity index (χ4v) is 3.31. The Balaban J connectivity index is 2.17. The fourth-order valence-electron chi connectivity index (χ4n) is 3.31. The molecule has 0 radical (unpaired) electrons. The first-order chi connectivity index (χ1) is 9.04. The first kappa shape index (κ1) is 14.1. The lowest BCUT2D eigenvalue weighted by molar-refractivity contribution is -0.143. The molecule has 1 aliphatic heterocycles. The zero-order valence-electron chi connectivity index (χ0n) is 12.0. The molecule has 104 valence electrons. The number of aryl methyl sites for hydroxylation is 1. The average molecular weight is 261 g/mol. The first-order valence-electron chi connectivity index (χ1n) is 7.08. The standard InChI is InChI=1S/C16H23NO2/c1-4-15(16(18)19)17-10-13(9-12(17)3)14-8-6-5-7-11(14)2/h5-8,12-13,15H,4,9-10H2,1-3H3,(H,18,19)/t12-,13+,15+/m0/s1. The zero-order valence-corrected chi connectivity index (χ0v) is 12.0. The van der Waals surface area contributed by atoms with Gasteiger partial charge in [-0.3, -0.25) is 9.69 Å². The van der Waals surface area contributed by atoms with Crippen molar-refractivity contribution in [2.75, 3.05) is 6.54 Å². The summed E-state index contributed by atoms with van der Waals surface area (Å²) in [5, 5.41) is 9.32. The van der Waals surface area contributed by atoms with Crippen LogP contribution in [-0.2, 0) is 4.79 Å². The molecule has 1 aromatic rings. The molecule has 0 spiro atoms. The highest BCUT2D eigenvalue weighted by atomic mass is 16.4. The molecule has 3 heteroatoms. The van der Waals surface area contributed by atoms with Gasteiger partial charge in [0.15, 0.2) is 0 Å². The van der Waals surface area contributed by atoms with Gasteiger partial charge in [-0.05, 0) is 43.7 Å². The lowest BCUT2D eigenvalue weighted by Gasteiger charge is -2.27. The molecule has 19 heavy (non-hydrogen) atoms. The van der Waals surface area contributed by atoms with E-state index in [4.69, 9.17) is 0 Å². The van der Waals surface area contributed by atoms with Gasteiger partial charge in [-0.15, -0.1) is 0 Å². The summed E-state index contributed by atoms with van der Waals surface area (Å²) >= 11 is 0. The molecule has 1 N–H and O–H groups in total. The highest BCUT2D eigenvalue weighted by Gasteiger charge is 2.37. The predicted molar refractivity (Wildman–Crippen MR) is 76.4 cm³/mol. The van der Waals surface area contributed by atoms with E-state index in [9.17, 15) is 9.90 Å². The number of carboxylic acids is 1. The number of rotatable bonds is 4. The fraction of sp³-hybridized carbons (Fsp3) is 0.562. The van der Waals surface area contributed by atoms with Gasteiger partial charge in [0.1, 0.15) is 6.04 Å². The summed E-state index contributed by atoms with van der Waals surface area (Å²) in [5.41, 5.74) is 2.68. The molecule has 0 aliphatic carbocycles. The van der Waals surface area contributed by atoms with Crippen molar-refractivity contribution >= 4 is 5.97 Å². The normalized spacial score (nSPS) is 25.4. The van der Waals surface area contributed by atoms with Crippen molar-refractivity contribution in [3.8, 4) is 0 Å². The number of aliphatic carboxylic acids is 1. The zero-order chi connectivity index (χ0) is 14.0. The van der Waals surface area contributed by atoms with Crippen LogP contribution in [0, 0.1) is 6.92 Å². The van der Waals surface area contributed by atoms with Gasteiger partial charge in [-0.25, -0.2) is 0 Å². The van der Waals surface area contributed by atoms with E-state index >= 15 is 0 Å². The molecule has 0 aromatic heterocycles. The Morgan fingerprint density at radius 2 is 2.16 bits per heavy atom. The Morgan fingerprint density at radius 3 is 2.74 bits per heavy atom. The third-order valence-electron chi connectivity index (χ3n) is 4.32. The van der Waals surface area contributed by atoms with E-state index in [0.29, 0.717) is 18.4 Å². The van der Waals surface area contributed by atoms with Gasteiger partial charge in [0.25, 0.3) is 0 Å². The van der Waals surface area contributed by atoms with Crippen molar-refractivity contribution < 1.29 is 9.90 Å². The summed E-state index contributed by atoms with van der Waals surface area (Å²) < 4.78 is 0. The van der Waals surface area contributed by atoms with Gasteiger partial charge in [0, 0.05) is 12.6 Å². The van der Waals surface area contributed by atoms with E-state index < -0.39 is 5.97 Å². The van der Waals surface area contributed by atoms with E-state index in [1.165, 1.54) is 11.1 Å². The SMILES string of the molecule is CC[C@H](C(=O)O)N1C[C@H](c2ccccc2C)C[C@@H]1C. The maximum Gasteiger partial charge on any atom is 0.320 e. The topological polar surface area (TPSA) is 40.5 Å². The van der Waals surface area contributed by atoms with Crippen LogP contribution in [0.2, 0.25) is 0 Å². The number of nitrogens with zero attached hydrogens (tertiary/aromatic N) is 1. The van der Waals surface area contributed by atoms with E-state index in [0.717, 1.165) is 13.0 Å². The molecule has 1 aliphatic rings. The van der Waals surface area contributed by atoms with E-state index in [2.05, 4.69) is 43.0 Å². The van der Waals surface area contributed by atoms with Crippen LogP contribution in [0.5, 0.6) is 0 Å². The van der Waals surface area contributed by atoms with Crippen LogP contribution in [0.15, 0.2) is 24.3 Å². The minimum atomic E-state index is -0.695. The maximum atomic E-state index is 11.3. The van der Waals surface area contributed by atoms with E-state index in [1.807, 2.05) is 6.92 Å². The number of benzene rings is 1. The van der Waals surface area contributed by atoms with Crippen LogP contribution in [0.3, 0.4) is 0 Å². The van der Waals surface area contributed by atoms with Crippen LogP contribution in [0.25, 0.3) is 0 Å². The second-order valence-corrected chi connectivity index (χ2v) is 5.60. The molecule has 0 amide bonds. The molecule has 3 nitrogen and oxygen atoms in total. The summed E-state index contributed by atoms with van der Waals surface area (Å²) in [6, 6.07) is 8.44. The molecule has 1 aromatic carbocycles. The van der Waals surface area contributed by atoms with Gasteiger partial charge in [-0.2, -0.15) is 0 Å². The van der Waals surface area contributed by atoms with Crippen molar-refractivity contribution in [1.29, 1.82) is 0 Å². The van der Waals surface area contributed by atoms with Crippen LogP contribution < -0.4 is 0 Å². The summed E-state index contributed by atoms with van der Waals surface area (Å²) in [5.74, 6) is -0.232. The third-order valence-corrected chi connectivity index (χ3v) is 4.32. The summed E-state index contributed by atoms with van der Waals surface area (Å²) in [7, 11) is 0. The molecule has 0 unspecified atom stereocenters. The molecule has 3 atom stereocenters. The lowest BCUT2D eigenvalue weighted by Crippen LogP contribution is -2.42. The monoisotopic (exact) mass is 261 g/mol. The second-order valence-electron chi connectivity index (χ2n) is 5.60. The number of hydrogen-bond donors (Lipinski definition) is 1. The number of carboxylic acid groups (broad SMARTS) is 1. The predicted octanol–water partition coefficient (Wildman–Crippen LogP) is 3.04. The maximum absolute atomic E-state index is 11.3. The molecule has 1 fully saturated rings. The van der Waals surface area contributed by atoms with Crippen molar-refractivity contribution in [3.63, 3.8) is 0 Å². The Bertz CT molecular complexity index is 458. The average Bonchev–Trinajstić information content (AvgIpc) is 2.72. The van der Waals surface area contributed by atoms with Crippen LogP contribution in [0.1, 0.15) is 43.7 Å². The number of hydrogen-bond acceptors (Lipinski definition) is 2. The lowest BCUT2D eigenvalue weighted by atomic mass is 9.93. The molecule has 0 saturated carbocycles. The summed E-state index contributed by atoms with van der Waals surface area (Å²) in [6.07, 6.45) is 1.72. The van der Waals surface area contributed by atoms with Crippen molar-refractivity contribution in [2.24, 2.45) is 0 Å².